The van der Waals surface area contributed by atoms with Crippen LogP contribution in [-0.2, 0) is 6.42 Å². The Labute approximate surface area is 101 Å². The third-order valence-electron chi connectivity index (χ3n) is 3.54. The van der Waals surface area contributed by atoms with Crippen LogP contribution in [-0.4, -0.2) is 27.1 Å². The lowest BCUT2D eigenvalue weighted by molar-refractivity contribution is 0.0917. The molecule has 1 heterocycles. The summed E-state index contributed by atoms with van der Waals surface area (Å²) in [6.45, 7) is 4.05. The van der Waals surface area contributed by atoms with Gasteiger partial charge in [0.1, 0.15) is 5.82 Å². The lowest BCUT2D eigenvalue weighted by atomic mass is 10.00. The molecule has 1 unspecified atom stereocenters. The number of H-pyrrole nitrogens is 1. The SMILES string of the molecule is CCc1nc(C(=O)NC(C)C2CCCC2)n[nH]1. The second-order valence-corrected chi connectivity index (χ2v) is 4.77. The summed E-state index contributed by atoms with van der Waals surface area (Å²) in [7, 11) is 0. The highest BCUT2D eigenvalue weighted by Crippen LogP contribution is 2.27. The van der Waals surface area contributed by atoms with Gasteiger partial charge in [-0.05, 0) is 25.7 Å². The number of carbonyl (C=O) groups is 1. The van der Waals surface area contributed by atoms with Crippen molar-refractivity contribution in [3.63, 3.8) is 0 Å². The van der Waals surface area contributed by atoms with Crippen molar-refractivity contribution in [3.05, 3.63) is 11.6 Å². The van der Waals surface area contributed by atoms with Gasteiger partial charge >= 0.3 is 0 Å². The Hall–Kier alpha value is -1.39. The average molecular weight is 236 g/mol. The van der Waals surface area contributed by atoms with E-state index in [4.69, 9.17) is 0 Å². The summed E-state index contributed by atoms with van der Waals surface area (Å²) < 4.78 is 0. The summed E-state index contributed by atoms with van der Waals surface area (Å²) in [5, 5.41) is 9.67. The summed E-state index contributed by atoms with van der Waals surface area (Å²) in [4.78, 5) is 16.0. The molecule has 17 heavy (non-hydrogen) atoms. The van der Waals surface area contributed by atoms with Crippen molar-refractivity contribution in [2.24, 2.45) is 5.92 Å². The van der Waals surface area contributed by atoms with Gasteiger partial charge < -0.3 is 5.32 Å². The van der Waals surface area contributed by atoms with Crippen molar-refractivity contribution in [2.45, 2.75) is 52.0 Å². The van der Waals surface area contributed by atoms with E-state index >= 15 is 0 Å². The molecule has 0 radical (unpaired) electrons. The number of carbonyl (C=O) groups excluding carboxylic acids is 1. The van der Waals surface area contributed by atoms with E-state index in [2.05, 4.69) is 27.4 Å². The van der Waals surface area contributed by atoms with E-state index in [1.54, 1.807) is 0 Å². The third kappa shape index (κ3) is 2.84. The first-order chi connectivity index (χ1) is 8.20. The number of aromatic nitrogens is 3. The second kappa shape index (κ2) is 5.29. The molecule has 94 valence electrons. The molecular weight excluding hydrogens is 216 g/mol. The fourth-order valence-corrected chi connectivity index (χ4v) is 2.40. The van der Waals surface area contributed by atoms with Crippen LogP contribution >= 0.6 is 0 Å². The first kappa shape index (κ1) is 12.1. The van der Waals surface area contributed by atoms with Crippen molar-refractivity contribution < 1.29 is 4.79 Å². The fourth-order valence-electron chi connectivity index (χ4n) is 2.40. The highest BCUT2D eigenvalue weighted by atomic mass is 16.2. The maximum Gasteiger partial charge on any atom is 0.291 e. The molecule has 0 aromatic carbocycles. The van der Waals surface area contributed by atoms with Gasteiger partial charge in [-0.1, -0.05) is 19.8 Å². The first-order valence-corrected chi connectivity index (χ1v) is 6.43. The molecule has 0 aliphatic heterocycles. The molecule has 1 saturated carbocycles. The van der Waals surface area contributed by atoms with Gasteiger partial charge in [0, 0.05) is 12.5 Å². The molecule has 1 aromatic rings. The summed E-state index contributed by atoms with van der Waals surface area (Å²) in [6.07, 6.45) is 5.76. The molecule has 1 aliphatic rings. The Morgan fingerprint density at radius 3 is 2.82 bits per heavy atom. The molecule has 0 bridgehead atoms. The predicted molar refractivity (Wildman–Crippen MR) is 64.6 cm³/mol. The number of rotatable bonds is 4. The van der Waals surface area contributed by atoms with E-state index in [0.29, 0.717) is 5.92 Å². The molecule has 0 saturated heterocycles. The normalized spacial score (nSPS) is 18.2. The van der Waals surface area contributed by atoms with Gasteiger partial charge in [0.05, 0.1) is 0 Å². The summed E-state index contributed by atoms with van der Waals surface area (Å²) in [5.74, 6) is 1.46. The van der Waals surface area contributed by atoms with Crippen LogP contribution in [0.3, 0.4) is 0 Å². The van der Waals surface area contributed by atoms with E-state index < -0.39 is 0 Å². The van der Waals surface area contributed by atoms with E-state index in [9.17, 15) is 4.79 Å². The topological polar surface area (TPSA) is 70.7 Å². The molecule has 0 spiro atoms. The Kier molecular flexibility index (Phi) is 3.76. The molecule has 5 nitrogen and oxygen atoms in total. The number of hydrogen-bond donors (Lipinski definition) is 2. The van der Waals surface area contributed by atoms with Crippen LogP contribution in [0.25, 0.3) is 0 Å². The number of nitrogens with one attached hydrogen (secondary N) is 2. The van der Waals surface area contributed by atoms with Gasteiger partial charge in [-0.2, -0.15) is 0 Å². The smallest absolute Gasteiger partial charge is 0.291 e. The van der Waals surface area contributed by atoms with E-state index in [-0.39, 0.29) is 17.8 Å². The van der Waals surface area contributed by atoms with E-state index in [1.807, 2.05) is 6.92 Å². The Morgan fingerprint density at radius 2 is 2.24 bits per heavy atom. The lowest BCUT2D eigenvalue weighted by Gasteiger charge is -2.19. The summed E-state index contributed by atoms with van der Waals surface area (Å²) in [5.41, 5.74) is 0. The molecule has 2 N–H and O–H groups in total. The number of amides is 1. The Balaban J connectivity index is 1.91. The fraction of sp³-hybridized carbons (Fsp3) is 0.750. The van der Waals surface area contributed by atoms with Crippen molar-refractivity contribution in [1.82, 2.24) is 20.5 Å². The Bertz CT molecular complexity index is 382. The zero-order chi connectivity index (χ0) is 12.3. The number of aryl methyl sites for hydroxylation is 1. The summed E-state index contributed by atoms with van der Waals surface area (Å²) in [6, 6.07) is 0.216. The minimum atomic E-state index is -0.166. The molecule has 5 heteroatoms. The van der Waals surface area contributed by atoms with Crippen molar-refractivity contribution in [3.8, 4) is 0 Å². The van der Waals surface area contributed by atoms with Crippen LogP contribution in [0, 0.1) is 5.92 Å². The molecule has 2 rings (SSSR count). The van der Waals surface area contributed by atoms with E-state index in [1.165, 1.54) is 25.7 Å². The summed E-state index contributed by atoms with van der Waals surface area (Å²) >= 11 is 0. The quantitative estimate of drug-likeness (QED) is 0.835. The van der Waals surface area contributed by atoms with Crippen molar-refractivity contribution in [1.29, 1.82) is 0 Å². The molecule has 1 aliphatic carbocycles. The number of hydrogen-bond acceptors (Lipinski definition) is 3. The van der Waals surface area contributed by atoms with Gasteiger partial charge in [-0.15, -0.1) is 5.10 Å². The highest BCUT2D eigenvalue weighted by Gasteiger charge is 2.24. The minimum absolute atomic E-state index is 0.166. The van der Waals surface area contributed by atoms with Crippen molar-refractivity contribution >= 4 is 5.91 Å². The van der Waals surface area contributed by atoms with Gasteiger partial charge in [-0.3, -0.25) is 9.89 Å². The zero-order valence-electron chi connectivity index (χ0n) is 10.5. The van der Waals surface area contributed by atoms with Crippen LogP contribution in [0.5, 0.6) is 0 Å². The molecule has 1 amide bonds. The predicted octanol–water partition coefficient (Wildman–Crippen LogP) is 1.68. The minimum Gasteiger partial charge on any atom is -0.347 e. The second-order valence-electron chi connectivity index (χ2n) is 4.77. The largest absolute Gasteiger partial charge is 0.347 e. The maximum atomic E-state index is 11.9. The molecular formula is C12H20N4O. The van der Waals surface area contributed by atoms with Crippen molar-refractivity contribution in [2.75, 3.05) is 0 Å². The number of aromatic amines is 1. The zero-order valence-corrected chi connectivity index (χ0v) is 10.5. The van der Waals surface area contributed by atoms with Crippen LogP contribution < -0.4 is 5.32 Å². The number of nitrogens with zero attached hydrogens (tertiary/aromatic N) is 2. The van der Waals surface area contributed by atoms with Gasteiger partial charge in [-0.25, -0.2) is 4.98 Å². The monoisotopic (exact) mass is 236 g/mol. The Morgan fingerprint density at radius 1 is 1.53 bits per heavy atom. The molecule has 1 fully saturated rings. The van der Waals surface area contributed by atoms with Crippen LogP contribution in [0.2, 0.25) is 0 Å². The molecule has 1 atom stereocenters. The van der Waals surface area contributed by atoms with E-state index in [0.717, 1.165) is 12.2 Å². The molecule has 1 aromatic heterocycles. The van der Waals surface area contributed by atoms with Crippen LogP contribution in [0.15, 0.2) is 0 Å². The first-order valence-electron chi connectivity index (χ1n) is 6.43. The van der Waals surface area contributed by atoms with Crippen LogP contribution in [0.4, 0.5) is 0 Å². The van der Waals surface area contributed by atoms with Crippen LogP contribution in [0.1, 0.15) is 56.0 Å². The highest BCUT2D eigenvalue weighted by molar-refractivity contribution is 5.90. The average Bonchev–Trinajstić information content (AvgIpc) is 3.00. The standard InChI is InChI=1S/C12H20N4O/c1-3-10-14-11(16-15-10)12(17)13-8(2)9-6-4-5-7-9/h8-9H,3-7H2,1-2H3,(H,13,17)(H,14,15,16). The van der Waals surface area contributed by atoms with Gasteiger partial charge in [0.15, 0.2) is 0 Å². The van der Waals surface area contributed by atoms with Gasteiger partial charge in [0.2, 0.25) is 5.82 Å². The van der Waals surface area contributed by atoms with Gasteiger partial charge in [0.25, 0.3) is 5.91 Å². The lowest BCUT2D eigenvalue weighted by Crippen LogP contribution is -2.37. The maximum absolute atomic E-state index is 11.9. The third-order valence-corrected chi connectivity index (χ3v) is 3.54.